The number of fused-ring (bicyclic) bond motifs is 2. The molecule has 150 valence electrons. The number of thioether (sulfide) groups is 1. The number of hydrogen-bond donors (Lipinski definition) is 3. The second-order valence-corrected chi connectivity index (χ2v) is 8.82. The standard InChI is InChI=1S/C24H22N4OS/c25-19(12-15-6-2-1-3-7-15)24(29)26-17-10-11-20-18(14-17)23(28-27-20)22-13-16-8-4-5-9-21(16)30-22/h1-11,14,19,22H,12-13,25H2,(H,26,29)(H,27,28)/t19-,22?/m1/s1. The van der Waals surface area contributed by atoms with E-state index in [1.54, 1.807) is 0 Å². The molecule has 2 atom stereocenters. The van der Waals surface area contributed by atoms with Crippen molar-refractivity contribution in [3.05, 3.63) is 89.6 Å². The number of nitrogens with two attached hydrogens (primary N) is 1. The smallest absolute Gasteiger partial charge is 0.241 e. The summed E-state index contributed by atoms with van der Waals surface area (Å²) in [6, 6.07) is 23.5. The van der Waals surface area contributed by atoms with Crippen LogP contribution in [-0.4, -0.2) is 22.1 Å². The molecular weight excluding hydrogens is 392 g/mol. The number of H-pyrrole nitrogens is 1. The van der Waals surface area contributed by atoms with Gasteiger partial charge in [-0.15, -0.1) is 11.8 Å². The highest BCUT2D eigenvalue weighted by molar-refractivity contribution is 7.99. The quantitative estimate of drug-likeness (QED) is 0.450. The van der Waals surface area contributed by atoms with Gasteiger partial charge in [-0.05, 0) is 48.2 Å². The molecule has 4 aromatic rings. The highest BCUT2D eigenvalue weighted by Crippen LogP contribution is 2.47. The predicted octanol–water partition coefficient (Wildman–Crippen LogP) is 4.46. The molecule has 1 aliphatic rings. The highest BCUT2D eigenvalue weighted by Gasteiger charge is 2.27. The Hall–Kier alpha value is -3.09. The Morgan fingerprint density at radius 3 is 2.77 bits per heavy atom. The van der Waals surface area contributed by atoms with Gasteiger partial charge >= 0.3 is 0 Å². The van der Waals surface area contributed by atoms with Gasteiger partial charge in [0.2, 0.25) is 5.91 Å². The van der Waals surface area contributed by atoms with Crippen molar-refractivity contribution in [1.82, 2.24) is 10.2 Å². The average molecular weight is 415 g/mol. The number of rotatable bonds is 5. The van der Waals surface area contributed by atoms with Gasteiger partial charge in [0, 0.05) is 16.0 Å². The van der Waals surface area contributed by atoms with E-state index in [9.17, 15) is 4.79 Å². The van der Waals surface area contributed by atoms with E-state index in [4.69, 9.17) is 5.73 Å². The second-order valence-electron chi connectivity index (χ2n) is 7.57. The molecule has 0 spiro atoms. The fraction of sp³-hybridized carbons (Fsp3) is 0.167. The number of aromatic nitrogens is 2. The first-order valence-corrected chi connectivity index (χ1v) is 10.9. The number of anilines is 1. The molecule has 0 saturated heterocycles. The molecule has 6 heteroatoms. The molecule has 1 aliphatic heterocycles. The summed E-state index contributed by atoms with van der Waals surface area (Å²) in [6.45, 7) is 0. The van der Waals surface area contributed by atoms with Crippen LogP contribution < -0.4 is 11.1 Å². The van der Waals surface area contributed by atoms with Gasteiger partial charge in [-0.25, -0.2) is 0 Å². The van der Waals surface area contributed by atoms with Gasteiger partial charge in [-0.1, -0.05) is 48.5 Å². The number of carbonyl (C=O) groups is 1. The molecule has 0 fully saturated rings. The molecular formula is C24H22N4OS. The van der Waals surface area contributed by atoms with Crippen LogP contribution in [0.25, 0.3) is 10.9 Å². The summed E-state index contributed by atoms with van der Waals surface area (Å²) in [6.07, 6.45) is 1.46. The molecule has 3 aromatic carbocycles. The Balaban J connectivity index is 1.34. The molecule has 0 aliphatic carbocycles. The fourth-order valence-corrected chi connectivity index (χ4v) is 5.21. The summed E-state index contributed by atoms with van der Waals surface area (Å²) < 4.78 is 0. The Kier molecular flexibility index (Phi) is 5.02. The number of nitrogens with one attached hydrogen (secondary N) is 2. The molecule has 2 heterocycles. The van der Waals surface area contributed by atoms with E-state index >= 15 is 0 Å². The Labute approximate surface area is 179 Å². The minimum Gasteiger partial charge on any atom is -0.325 e. The van der Waals surface area contributed by atoms with Gasteiger partial charge in [0.05, 0.1) is 22.5 Å². The lowest BCUT2D eigenvalue weighted by Gasteiger charge is -2.13. The summed E-state index contributed by atoms with van der Waals surface area (Å²) in [5.41, 5.74) is 11.3. The lowest BCUT2D eigenvalue weighted by molar-refractivity contribution is -0.117. The molecule has 1 unspecified atom stereocenters. The van der Waals surface area contributed by atoms with Crippen molar-refractivity contribution < 1.29 is 4.79 Å². The van der Waals surface area contributed by atoms with Crippen LogP contribution in [0.5, 0.6) is 0 Å². The van der Waals surface area contributed by atoms with Crippen LogP contribution in [0.2, 0.25) is 0 Å². The fourth-order valence-electron chi connectivity index (χ4n) is 3.89. The van der Waals surface area contributed by atoms with Crippen LogP contribution in [0.4, 0.5) is 5.69 Å². The van der Waals surface area contributed by atoms with Crippen molar-refractivity contribution in [2.75, 3.05) is 5.32 Å². The van der Waals surface area contributed by atoms with E-state index in [1.807, 2.05) is 60.3 Å². The summed E-state index contributed by atoms with van der Waals surface area (Å²) in [7, 11) is 0. The molecule has 30 heavy (non-hydrogen) atoms. The van der Waals surface area contributed by atoms with Crippen LogP contribution in [-0.2, 0) is 17.6 Å². The largest absolute Gasteiger partial charge is 0.325 e. The summed E-state index contributed by atoms with van der Waals surface area (Å²) in [4.78, 5) is 13.9. The normalized spacial score (nSPS) is 16.4. The maximum Gasteiger partial charge on any atom is 0.241 e. The third-order valence-corrected chi connectivity index (χ3v) is 6.77. The van der Waals surface area contributed by atoms with Crippen molar-refractivity contribution in [2.45, 2.75) is 29.0 Å². The summed E-state index contributed by atoms with van der Waals surface area (Å²) >= 11 is 1.84. The molecule has 0 saturated carbocycles. The molecule has 1 amide bonds. The minimum absolute atomic E-state index is 0.189. The van der Waals surface area contributed by atoms with Gasteiger partial charge in [0.25, 0.3) is 0 Å². The van der Waals surface area contributed by atoms with E-state index in [1.165, 1.54) is 10.5 Å². The van der Waals surface area contributed by atoms with Crippen LogP contribution in [0.1, 0.15) is 22.1 Å². The zero-order valence-electron chi connectivity index (χ0n) is 16.3. The molecule has 1 aromatic heterocycles. The third-order valence-electron chi connectivity index (χ3n) is 5.45. The zero-order chi connectivity index (χ0) is 20.5. The van der Waals surface area contributed by atoms with Gasteiger partial charge in [-0.3, -0.25) is 9.89 Å². The van der Waals surface area contributed by atoms with Crippen LogP contribution in [0, 0.1) is 0 Å². The van der Waals surface area contributed by atoms with Crippen LogP contribution in [0.3, 0.4) is 0 Å². The van der Waals surface area contributed by atoms with Crippen molar-refractivity contribution in [3.63, 3.8) is 0 Å². The third kappa shape index (κ3) is 3.72. The van der Waals surface area contributed by atoms with Gasteiger partial charge < -0.3 is 11.1 Å². The summed E-state index contributed by atoms with van der Waals surface area (Å²) in [5.74, 6) is -0.189. The van der Waals surface area contributed by atoms with Gasteiger partial charge in [0.1, 0.15) is 0 Å². The van der Waals surface area contributed by atoms with E-state index in [-0.39, 0.29) is 11.2 Å². The SMILES string of the molecule is N[C@H](Cc1ccccc1)C(=O)Nc1ccc2[nH]nc(C3Cc4ccccc4S3)c2c1. The van der Waals surface area contributed by atoms with Crippen molar-refractivity contribution in [2.24, 2.45) is 5.73 Å². The molecule has 0 bridgehead atoms. The molecule has 0 radical (unpaired) electrons. The first-order chi connectivity index (χ1) is 14.7. The van der Waals surface area contributed by atoms with Gasteiger partial charge in [0.15, 0.2) is 0 Å². The lowest BCUT2D eigenvalue weighted by atomic mass is 10.0. The Morgan fingerprint density at radius 1 is 1.13 bits per heavy atom. The Bertz CT molecular complexity index is 1180. The Morgan fingerprint density at radius 2 is 1.93 bits per heavy atom. The number of benzene rings is 3. The van der Waals surface area contributed by atoms with Crippen LogP contribution >= 0.6 is 11.8 Å². The first-order valence-electron chi connectivity index (χ1n) is 10.0. The monoisotopic (exact) mass is 414 g/mol. The maximum absolute atomic E-state index is 12.6. The number of nitrogens with zero attached hydrogens (tertiary/aromatic N) is 1. The van der Waals surface area contributed by atoms with E-state index in [0.29, 0.717) is 6.42 Å². The second kappa shape index (κ2) is 7.97. The van der Waals surface area contributed by atoms with Crippen LogP contribution in [0.15, 0.2) is 77.7 Å². The molecule has 4 N–H and O–H groups in total. The van der Waals surface area contributed by atoms with E-state index in [2.05, 4.69) is 39.8 Å². The maximum atomic E-state index is 12.6. The topological polar surface area (TPSA) is 83.8 Å². The van der Waals surface area contributed by atoms with Gasteiger partial charge in [-0.2, -0.15) is 5.10 Å². The predicted molar refractivity (Wildman–Crippen MR) is 122 cm³/mol. The number of hydrogen-bond acceptors (Lipinski definition) is 4. The average Bonchev–Trinajstić information content (AvgIpc) is 3.37. The molecule has 5 nitrogen and oxygen atoms in total. The van der Waals surface area contributed by atoms with E-state index in [0.717, 1.165) is 34.3 Å². The van der Waals surface area contributed by atoms with Crippen molar-refractivity contribution in [1.29, 1.82) is 0 Å². The first kappa shape index (κ1) is 18.9. The zero-order valence-corrected chi connectivity index (χ0v) is 17.2. The summed E-state index contributed by atoms with van der Waals surface area (Å²) in [5, 5.41) is 12.0. The number of amides is 1. The molecule has 5 rings (SSSR count). The van der Waals surface area contributed by atoms with E-state index < -0.39 is 6.04 Å². The van der Waals surface area contributed by atoms with Crippen molar-refractivity contribution in [3.8, 4) is 0 Å². The number of aromatic amines is 1. The minimum atomic E-state index is -0.605. The number of carbonyl (C=O) groups excluding carboxylic acids is 1. The lowest BCUT2D eigenvalue weighted by Crippen LogP contribution is -2.37. The van der Waals surface area contributed by atoms with Crippen molar-refractivity contribution >= 4 is 34.3 Å². The highest BCUT2D eigenvalue weighted by atomic mass is 32.2.